The van der Waals surface area contributed by atoms with Crippen LogP contribution in [0, 0.1) is 5.92 Å². The third-order valence-corrected chi connectivity index (χ3v) is 5.76. The van der Waals surface area contributed by atoms with Crippen LogP contribution < -0.4 is 5.32 Å². The van der Waals surface area contributed by atoms with Gasteiger partial charge in [0.1, 0.15) is 0 Å². The summed E-state index contributed by atoms with van der Waals surface area (Å²) in [5.41, 5.74) is 1.29. The van der Waals surface area contributed by atoms with E-state index < -0.39 is 0 Å². The molecular formula is C18H25N3O2. The molecule has 3 aliphatic rings. The number of rotatable bonds is 3. The average molecular weight is 315 g/mol. The maximum absolute atomic E-state index is 12.6. The second kappa shape index (κ2) is 6.23. The van der Waals surface area contributed by atoms with E-state index >= 15 is 0 Å². The molecule has 5 heteroatoms. The van der Waals surface area contributed by atoms with Crippen LogP contribution >= 0.6 is 0 Å². The van der Waals surface area contributed by atoms with Crippen molar-refractivity contribution >= 4 is 5.91 Å². The molecule has 1 amide bonds. The highest BCUT2D eigenvalue weighted by Gasteiger charge is 2.49. The number of piperazine rings is 1. The molecule has 4 rings (SSSR count). The zero-order chi connectivity index (χ0) is 15.8. The molecule has 0 spiro atoms. The van der Waals surface area contributed by atoms with Crippen molar-refractivity contribution in [3.8, 4) is 0 Å². The van der Waals surface area contributed by atoms with Crippen LogP contribution in [0.4, 0.5) is 0 Å². The lowest BCUT2D eigenvalue weighted by molar-refractivity contribution is -0.127. The van der Waals surface area contributed by atoms with Gasteiger partial charge >= 0.3 is 0 Å². The van der Waals surface area contributed by atoms with E-state index in [1.807, 2.05) is 6.07 Å². The lowest BCUT2D eigenvalue weighted by Gasteiger charge is -2.45. The summed E-state index contributed by atoms with van der Waals surface area (Å²) >= 11 is 0. The summed E-state index contributed by atoms with van der Waals surface area (Å²) in [5.74, 6) is 0.503. The lowest BCUT2D eigenvalue weighted by Crippen LogP contribution is -2.60. The largest absolute Gasteiger partial charge is 0.378 e. The molecule has 3 aliphatic heterocycles. The number of benzene rings is 1. The predicted octanol–water partition coefficient (Wildman–Crippen LogP) is 0.531. The Morgan fingerprint density at radius 2 is 1.87 bits per heavy atom. The van der Waals surface area contributed by atoms with Crippen molar-refractivity contribution in [2.24, 2.45) is 5.92 Å². The smallest absolute Gasteiger partial charge is 0.225 e. The van der Waals surface area contributed by atoms with Gasteiger partial charge < -0.3 is 10.1 Å². The topological polar surface area (TPSA) is 44.8 Å². The van der Waals surface area contributed by atoms with Crippen molar-refractivity contribution in [3.63, 3.8) is 0 Å². The zero-order valence-corrected chi connectivity index (χ0v) is 13.6. The van der Waals surface area contributed by atoms with Gasteiger partial charge in [-0.15, -0.1) is 0 Å². The van der Waals surface area contributed by atoms with E-state index in [-0.39, 0.29) is 11.8 Å². The summed E-state index contributed by atoms with van der Waals surface area (Å²) in [7, 11) is 1.76. The molecular weight excluding hydrogens is 290 g/mol. The third-order valence-electron chi connectivity index (χ3n) is 5.76. The molecule has 0 saturated carbocycles. The molecule has 23 heavy (non-hydrogen) atoms. The highest BCUT2D eigenvalue weighted by atomic mass is 16.5. The Balaban J connectivity index is 1.59. The molecule has 0 bridgehead atoms. The van der Waals surface area contributed by atoms with Gasteiger partial charge in [-0.3, -0.25) is 14.6 Å². The number of amides is 1. The van der Waals surface area contributed by atoms with Crippen molar-refractivity contribution < 1.29 is 9.53 Å². The highest BCUT2D eigenvalue weighted by molar-refractivity contribution is 5.80. The van der Waals surface area contributed by atoms with Gasteiger partial charge in [-0.25, -0.2) is 0 Å². The minimum Gasteiger partial charge on any atom is -0.378 e. The molecule has 3 saturated heterocycles. The van der Waals surface area contributed by atoms with Gasteiger partial charge in [0.05, 0.1) is 25.2 Å². The summed E-state index contributed by atoms with van der Waals surface area (Å²) in [4.78, 5) is 17.7. The highest BCUT2D eigenvalue weighted by Crippen LogP contribution is 2.39. The van der Waals surface area contributed by atoms with Crippen LogP contribution in [0.2, 0.25) is 0 Å². The van der Waals surface area contributed by atoms with E-state index in [1.165, 1.54) is 5.56 Å². The molecule has 3 heterocycles. The first-order valence-electron chi connectivity index (χ1n) is 8.60. The summed E-state index contributed by atoms with van der Waals surface area (Å²) in [6.07, 6.45) is 0. The molecule has 3 atom stereocenters. The van der Waals surface area contributed by atoms with E-state index in [2.05, 4.69) is 39.4 Å². The van der Waals surface area contributed by atoms with Crippen molar-refractivity contribution in [1.82, 2.24) is 15.1 Å². The molecule has 0 unspecified atom stereocenters. The van der Waals surface area contributed by atoms with Crippen molar-refractivity contribution in [3.05, 3.63) is 35.9 Å². The van der Waals surface area contributed by atoms with Gasteiger partial charge in [0.15, 0.2) is 0 Å². The van der Waals surface area contributed by atoms with Gasteiger partial charge in [0, 0.05) is 45.2 Å². The maximum atomic E-state index is 12.6. The Morgan fingerprint density at radius 1 is 1.13 bits per heavy atom. The number of nitrogens with one attached hydrogen (secondary N) is 1. The van der Waals surface area contributed by atoms with Crippen LogP contribution in [0.3, 0.4) is 0 Å². The Labute approximate surface area is 137 Å². The summed E-state index contributed by atoms with van der Waals surface area (Å²) in [6.45, 7) is 5.81. The molecule has 0 aliphatic carbocycles. The van der Waals surface area contributed by atoms with E-state index in [4.69, 9.17) is 4.74 Å². The van der Waals surface area contributed by atoms with Crippen LogP contribution in [0.1, 0.15) is 11.5 Å². The van der Waals surface area contributed by atoms with E-state index in [0.29, 0.717) is 18.0 Å². The maximum Gasteiger partial charge on any atom is 0.225 e. The number of carbonyl (C=O) groups excluding carboxylic acids is 1. The first-order valence-corrected chi connectivity index (χ1v) is 8.60. The van der Waals surface area contributed by atoms with Crippen LogP contribution in [0.5, 0.6) is 0 Å². The van der Waals surface area contributed by atoms with Gasteiger partial charge in [0.25, 0.3) is 0 Å². The van der Waals surface area contributed by atoms with Crippen molar-refractivity contribution in [1.29, 1.82) is 0 Å². The molecule has 0 radical (unpaired) electrons. The second-order valence-corrected chi connectivity index (χ2v) is 6.91. The molecule has 5 nitrogen and oxygen atoms in total. The fourth-order valence-corrected chi connectivity index (χ4v) is 4.37. The molecule has 3 fully saturated rings. The fourth-order valence-electron chi connectivity index (χ4n) is 4.37. The summed E-state index contributed by atoms with van der Waals surface area (Å²) in [6, 6.07) is 11.4. The van der Waals surface area contributed by atoms with Crippen LogP contribution in [0.25, 0.3) is 0 Å². The standard InChI is InChI=1S/C18H25N3O2/c1-19-18(22)17-15(13-5-3-2-4-6-13)9-21-8-7-20(10-16(17)21)14-11-23-12-14/h2-6,14-17H,7-12H2,1H3,(H,19,22)/t15-,16+,17-/m0/s1. The molecule has 1 aromatic carbocycles. The Kier molecular flexibility index (Phi) is 4.09. The Hall–Kier alpha value is -1.43. The van der Waals surface area contributed by atoms with Gasteiger partial charge in [-0.2, -0.15) is 0 Å². The van der Waals surface area contributed by atoms with Crippen molar-refractivity contribution in [2.75, 3.05) is 46.4 Å². The number of hydrogen-bond acceptors (Lipinski definition) is 4. The van der Waals surface area contributed by atoms with Crippen LogP contribution in [-0.4, -0.2) is 74.2 Å². The molecule has 124 valence electrons. The van der Waals surface area contributed by atoms with Crippen molar-refractivity contribution in [2.45, 2.75) is 18.0 Å². The number of hydrogen-bond donors (Lipinski definition) is 1. The van der Waals surface area contributed by atoms with E-state index in [9.17, 15) is 4.79 Å². The Morgan fingerprint density at radius 3 is 2.52 bits per heavy atom. The average Bonchev–Trinajstić information content (AvgIpc) is 2.92. The number of carbonyl (C=O) groups is 1. The number of nitrogens with zero attached hydrogens (tertiary/aromatic N) is 2. The SMILES string of the molecule is CNC(=O)[C@@H]1[C@H]2CN(C3COC3)CCN2C[C@H]1c1ccccc1. The van der Waals surface area contributed by atoms with Gasteiger partial charge in [0.2, 0.25) is 5.91 Å². The van der Waals surface area contributed by atoms with Crippen LogP contribution in [0.15, 0.2) is 30.3 Å². The summed E-state index contributed by atoms with van der Waals surface area (Å²) in [5, 5.41) is 2.90. The normalized spacial score (nSPS) is 32.3. The number of ether oxygens (including phenoxy) is 1. The first kappa shape index (κ1) is 15.1. The lowest BCUT2D eigenvalue weighted by atomic mass is 9.84. The predicted molar refractivity (Wildman–Crippen MR) is 88.3 cm³/mol. The fraction of sp³-hybridized carbons (Fsp3) is 0.611. The minimum atomic E-state index is 0.0335. The van der Waals surface area contributed by atoms with Gasteiger partial charge in [-0.05, 0) is 5.56 Å². The van der Waals surface area contributed by atoms with Crippen LogP contribution in [-0.2, 0) is 9.53 Å². The second-order valence-electron chi connectivity index (χ2n) is 6.91. The van der Waals surface area contributed by atoms with E-state index in [1.54, 1.807) is 7.05 Å². The molecule has 0 aromatic heterocycles. The first-order chi connectivity index (χ1) is 11.3. The third kappa shape index (κ3) is 2.67. The molecule has 1 aromatic rings. The zero-order valence-electron chi connectivity index (χ0n) is 13.6. The Bertz CT molecular complexity index is 561. The molecule has 1 N–H and O–H groups in total. The quantitative estimate of drug-likeness (QED) is 0.884. The van der Waals surface area contributed by atoms with Gasteiger partial charge in [-0.1, -0.05) is 30.3 Å². The van der Waals surface area contributed by atoms with E-state index in [0.717, 1.165) is 39.4 Å². The minimum absolute atomic E-state index is 0.0335. The number of fused-ring (bicyclic) bond motifs is 1. The monoisotopic (exact) mass is 315 g/mol. The summed E-state index contributed by atoms with van der Waals surface area (Å²) < 4.78 is 5.35.